The van der Waals surface area contributed by atoms with Crippen LogP contribution in [0.1, 0.15) is 18.4 Å². The highest BCUT2D eigenvalue weighted by Crippen LogP contribution is 2.25. The number of hydrogen-bond acceptors (Lipinski definition) is 4. The zero-order chi connectivity index (χ0) is 14.8. The molecule has 1 atom stereocenters. The number of nitrogens with one attached hydrogen (secondary N) is 1. The Morgan fingerprint density at radius 3 is 2.86 bits per heavy atom. The first-order chi connectivity index (χ1) is 10.2. The predicted molar refractivity (Wildman–Crippen MR) is 85.4 cm³/mol. The predicted octanol–water partition coefficient (Wildman–Crippen LogP) is 0.805. The maximum absolute atomic E-state index is 12.4. The van der Waals surface area contributed by atoms with Crippen molar-refractivity contribution in [3.05, 3.63) is 29.8 Å². The van der Waals surface area contributed by atoms with Crippen molar-refractivity contribution in [2.45, 2.75) is 24.9 Å². The summed E-state index contributed by atoms with van der Waals surface area (Å²) in [6.07, 6.45) is 2.14. The molecule has 1 aromatic rings. The molecule has 0 spiro atoms. The monoisotopic (exact) mass is 305 g/mol. The highest BCUT2D eigenvalue weighted by Gasteiger charge is 2.34. The second-order valence-corrected chi connectivity index (χ2v) is 5.89. The molecule has 2 fully saturated rings. The van der Waals surface area contributed by atoms with E-state index in [-0.39, 0.29) is 11.9 Å². The summed E-state index contributed by atoms with van der Waals surface area (Å²) >= 11 is 5.12. The minimum absolute atomic E-state index is 0.0231. The molecule has 112 valence electrons. The van der Waals surface area contributed by atoms with Crippen LogP contribution in [0.15, 0.2) is 24.3 Å². The first kappa shape index (κ1) is 14.3. The molecule has 0 bridgehead atoms. The van der Waals surface area contributed by atoms with E-state index < -0.39 is 0 Å². The van der Waals surface area contributed by atoms with Gasteiger partial charge in [0.25, 0.3) is 0 Å². The summed E-state index contributed by atoms with van der Waals surface area (Å²) in [6, 6.07) is 7.70. The third-order valence-corrected chi connectivity index (χ3v) is 4.05. The van der Waals surface area contributed by atoms with Crippen LogP contribution in [0.5, 0.6) is 0 Å². The quantitative estimate of drug-likeness (QED) is 0.806. The van der Waals surface area contributed by atoms with Gasteiger partial charge in [-0.2, -0.15) is 0 Å². The Kier molecular flexibility index (Phi) is 4.07. The fourth-order valence-corrected chi connectivity index (χ4v) is 2.74. The van der Waals surface area contributed by atoms with Crippen LogP contribution in [-0.4, -0.2) is 42.7 Å². The van der Waals surface area contributed by atoms with Crippen molar-refractivity contribution in [2.75, 3.05) is 24.7 Å². The number of nitrogens with zero attached hydrogens (tertiary/aromatic N) is 1. The zero-order valence-corrected chi connectivity index (χ0v) is 12.6. The molecule has 1 saturated heterocycles. The van der Waals surface area contributed by atoms with Crippen LogP contribution < -0.4 is 16.0 Å². The fraction of sp³-hybridized carbons (Fsp3) is 0.467. The number of benzene rings is 1. The summed E-state index contributed by atoms with van der Waals surface area (Å²) in [5.41, 5.74) is 7.52. The van der Waals surface area contributed by atoms with E-state index >= 15 is 0 Å². The van der Waals surface area contributed by atoms with Crippen molar-refractivity contribution < 1.29 is 9.53 Å². The van der Waals surface area contributed by atoms with E-state index in [0.717, 1.165) is 24.1 Å². The Morgan fingerprint density at radius 2 is 2.14 bits per heavy atom. The number of ether oxygens (including phenoxy) is 1. The Bertz CT molecular complexity index is 560. The molecule has 5 nitrogen and oxygen atoms in total. The second-order valence-electron chi connectivity index (χ2n) is 5.45. The Labute approximate surface area is 129 Å². The number of rotatable bonds is 4. The van der Waals surface area contributed by atoms with E-state index in [9.17, 15) is 4.79 Å². The molecule has 3 rings (SSSR count). The first-order valence-corrected chi connectivity index (χ1v) is 7.61. The molecule has 1 unspecified atom stereocenters. The van der Waals surface area contributed by atoms with E-state index in [1.165, 1.54) is 0 Å². The van der Waals surface area contributed by atoms with Gasteiger partial charge in [0.05, 0.1) is 13.2 Å². The summed E-state index contributed by atoms with van der Waals surface area (Å²) in [7, 11) is 0. The molecular formula is C15H19N3O2S. The first-order valence-electron chi connectivity index (χ1n) is 7.20. The van der Waals surface area contributed by atoms with E-state index in [0.29, 0.717) is 30.8 Å². The number of para-hydroxylation sites is 1. The summed E-state index contributed by atoms with van der Waals surface area (Å²) in [5.74, 6) is 0.0231. The number of carbonyl (C=O) groups is 1. The number of anilines is 1. The number of amides is 1. The van der Waals surface area contributed by atoms with Gasteiger partial charge in [0.2, 0.25) is 5.91 Å². The van der Waals surface area contributed by atoms with Gasteiger partial charge in [-0.25, -0.2) is 0 Å². The lowest BCUT2D eigenvalue weighted by Crippen LogP contribution is -2.54. The fourth-order valence-electron chi connectivity index (χ4n) is 2.57. The lowest BCUT2D eigenvalue weighted by molar-refractivity contribution is -0.124. The number of nitrogens with two attached hydrogens (primary N) is 1. The van der Waals surface area contributed by atoms with Gasteiger partial charge < -0.3 is 20.7 Å². The summed E-state index contributed by atoms with van der Waals surface area (Å²) in [4.78, 5) is 14.8. The molecule has 2 aliphatic rings. The summed E-state index contributed by atoms with van der Waals surface area (Å²) in [5, 5.41) is 3.05. The lowest BCUT2D eigenvalue weighted by atomic mass is 10.1. The van der Waals surface area contributed by atoms with Crippen LogP contribution in [0.25, 0.3) is 0 Å². The standard InChI is InChI=1S/C15H19N3O2S/c16-14(21)11-3-1-2-4-12(11)18-7-8-20-9-13(18)15(19)17-10-5-6-10/h1-4,10,13H,5-9H2,(H2,16,21)(H,17,19). The molecule has 1 amide bonds. The van der Waals surface area contributed by atoms with Gasteiger partial charge in [0.15, 0.2) is 0 Å². The molecule has 1 aliphatic heterocycles. The van der Waals surface area contributed by atoms with Crippen molar-refractivity contribution >= 4 is 28.8 Å². The van der Waals surface area contributed by atoms with Crippen molar-refractivity contribution in [2.24, 2.45) is 5.73 Å². The molecule has 0 aromatic heterocycles. The van der Waals surface area contributed by atoms with Gasteiger partial charge in [-0.05, 0) is 25.0 Å². The van der Waals surface area contributed by atoms with E-state index in [1.54, 1.807) is 0 Å². The topological polar surface area (TPSA) is 67.6 Å². The molecule has 1 saturated carbocycles. The highest BCUT2D eigenvalue weighted by molar-refractivity contribution is 7.80. The molecular weight excluding hydrogens is 286 g/mol. The number of morpholine rings is 1. The molecule has 3 N–H and O–H groups in total. The van der Waals surface area contributed by atoms with E-state index in [1.807, 2.05) is 24.3 Å². The average molecular weight is 305 g/mol. The number of carbonyl (C=O) groups excluding carboxylic acids is 1. The van der Waals surface area contributed by atoms with Gasteiger partial charge in [-0.15, -0.1) is 0 Å². The Balaban J connectivity index is 1.86. The lowest BCUT2D eigenvalue weighted by Gasteiger charge is -2.37. The van der Waals surface area contributed by atoms with Crippen LogP contribution in [0, 0.1) is 0 Å². The maximum atomic E-state index is 12.4. The van der Waals surface area contributed by atoms with Crippen molar-refractivity contribution in [1.82, 2.24) is 5.32 Å². The van der Waals surface area contributed by atoms with Crippen LogP contribution >= 0.6 is 12.2 Å². The van der Waals surface area contributed by atoms with E-state index in [4.69, 9.17) is 22.7 Å². The van der Waals surface area contributed by atoms with Gasteiger partial charge >= 0.3 is 0 Å². The van der Waals surface area contributed by atoms with Crippen LogP contribution in [0.4, 0.5) is 5.69 Å². The van der Waals surface area contributed by atoms with Crippen LogP contribution in [0.2, 0.25) is 0 Å². The van der Waals surface area contributed by atoms with E-state index in [2.05, 4.69) is 10.2 Å². The molecule has 1 aromatic carbocycles. The minimum Gasteiger partial charge on any atom is -0.389 e. The summed E-state index contributed by atoms with van der Waals surface area (Å²) in [6.45, 7) is 1.64. The third kappa shape index (κ3) is 3.16. The largest absolute Gasteiger partial charge is 0.389 e. The zero-order valence-electron chi connectivity index (χ0n) is 11.7. The molecule has 1 heterocycles. The van der Waals surface area contributed by atoms with Crippen LogP contribution in [-0.2, 0) is 9.53 Å². The SMILES string of the molecule is NC(=S)c1ccccc1N1CCOCC1C(=O)NC1CC1. The molecule has 21 heavy (non-hydrogen) atoms. The molecule has 1 aliphatic carbocycles. The van der Waals surface area contributed by atoms with Crippen molar-refractivity contribution in [1.29, 1.82) is 0 Å². The summed E-state index contributed by atoms with van der Waals surface area (Å²) < 4.78 is 5.49. The van der Waals surface area contributed by atoms with Gasteiger partial charge in [-0.3, -0.25) is 4.79 Å². The normalized spacial score (nSPS) is 21.9. The number of hydrogen-bond donors (Lipinski definition) is 2. The molecule has 6 heteroatoms. The second kappa shape index (κ2) is 5.99. The smallest absolute Gasteiger partial charge is 0.245 e. The number of thiocarbonyl (C=S) groups is 1. The minimum atomic E-state index is -0.324. The van der Waals surface area contributed by atoms with Crippen molar-refractivity contribution in [3.63, 3.8) is 0 Å². The van der Waals surface area contributed by atoms with Gasteiger partial charge in [-0.1, -0.05) is 24.4 Å². The highest BCUT2D eigenvalue weighted by atomic mass is 32.1. The van der Waals surface area contributed by atoms with Gasteiger partial charge in [0, 0.05) is 23.8 Å². The van der Waals surface area contributed by atoms with Gasteiger partial charge in [0.1, 0.15) is 11.0 Å². The molecule has 0 radical (unpaired) electrons. The Hall–Kier alpha value is -1.66. The van der Waals surface area contributed by atoms with Crippen LogP contribution in [0.3, 0.4) is 0 Å². The average Bonchev–Trinajstić information content (AvgIpc) is 3.31. The van der Waals surface area contributed by atoms with Crippen molar-refractivity contribution in [3.8, 4) is 0 Å². The maximum Gasteiger partial charge on any atom is 0.245 e. The third-order valence-electron chi connectivity index (χ3n) is 3.83. The Morgan fingerprint density at radius 1 is 1.38 bits per heavy atom.